The van der Waals surface area contributed by atoms with Gasteiger partial charge in [0.25, 0.3) is 0 Å². The number of nitriles is 1. The number of nitrogens with zero attached hydrogens (tertiary/aromatic N) is 3. The Bertz CT molecular complexity index is 983. The number of oxazole rings is 1. The summed E-state index contributed by atoms with van der Waals surface area (Å²) in [7, 11) is -4.50. The summed E-state index contributed by atoms with van der Waals surface area (Å²) in [5, 5.41) is 9.10. The van der Waals surface area contributed by atoms with Gasteiger partial charge in [0.1, 0.15) is 6.07 Å². The molecule has 0 bridgehead atoms. The summed E-state index contributed by atoms with van der Waals surface area (Å²) < 4.78 is 74.3. The first-order valence-corrected chi connectivity index (χ1v) is 9.72. The second kappa shape index (κ2) is 9.71. The minimum atomic E-state index is -5.17. The second-order valence-corrected chi connectivity index (χ2v) is 7.61. The molecule has 1 aromatic carbocycles. The molecule has 1 aromatic heterocycles. The number of aromatic nitrogens is 1. The molecule has 0 unspecified atom stereocenters. The van der Waals surface area contributed by atoms with E-state index >= 15 is 0 Å². The van der Waals surface area contributed by atoms with Crippen molar-refractivity contribution in [1.82, 2.24) is 9.47 Å². The lowest BCUT2D eigenvalue weighted by Gasteiger charge is -2.18. The average molecular weight is 434 g/mol. The molecule has 0 aliphatic heterocycles. The van der Waals surface area contributed by atoms with Crippen LogP contribution in [0.2, 0.25) is 0 Å². The fraction of sp³-hybridized carbons (Fsp3) is 0.286. The van der Waals surface area contributed by atoms with Crippen LogP contribution in [0.5, 0.6) is 0 Å². The second-order valence-electron chi connectivity index (χ2n) is 5.98. The summed E-state index contributed by atoms with van der Waals surface area (Å²) in [6.07, 6.45) is 0. The van der Waals surface area contributed by atoms with Crippen LogP contribution in [0.25, 0.3) is 11.5 Å². The highest BCUT2D eigenvalue weighted by Gasteiger charge is 2.26. The molecule has 0 saturated heterocycles. The molecule has 0 saturated carbocycles. The minimum Gasteiger partial charge on any atom is -0.759 e. The highest BCUT2D eigenvalue weighted by Crippen LogP contribution is 2.29. The van der Waals surface area contributed by atoms with E-state index in [1.54, 1.807) is 0 Å². The Morgan fingerprint density at radius 2 is 1.36 bits per heavy atom. The predicted molar refractivity (Wildman–Crippen MR) is 91.9 cm³/mol. The third-order valence-corrected chi connectivity index (χ3v) is 2.62. The van der Waals surface area contributed by atoms with Crippen LogP contribution in [-0.2, 0) is 20.8 Å². The molecule has 0 radical (unpaired) electrons. The van der Waals surface area contributed by atoms with Crippen molar-refractivity contribution in [3.05, 3.63) is 35.5 Å². The van der Waals surface area contributed by atoms with Crippen LogP contribution in [0.15, 0.2) is 28.7 Å². The Labute approximate surface area is 162 Å². The average Bonchev–Trinajstić information content (AvgIpc) is 2.89. The van der Waals surface area contributed by atoms with E-state index in [1.807, 2.05) is 52.3 Å². The largest absolute Gasteiger partial charge is 0.759 e. The minimum absolute atomic E-state index is 0.345. The lowest BCUT2D eigenvalue weighted by atomic mass is 10.1. The van der Waals surface area contributed by atoms with Gasteiger partial charge < -0.3 is 22.6 Å². The molecular weight excluding hydrogens is 418 g/mol. The monoisotopic (exact) mass is 434 g/mol. The Kier molecular flexibility index (Phi) is 8.88. The van der Waals surface area contributed by atoms with Crippen molar-refractivity contribution < 1.29 is 39.5 Å². The van der Waals surface area contributed by atoms with E-state index in [2.05, 4.69) is 11.1 Å². The Balaban J connectivity index is 0.000000607. The molecule has 156 valence electrons. The van der Waals surface area contributed by atoms with Gasteiger partial charge in [-0.3, -0.25) is 21.3 Å². The number of quaternary nitrogens is 1. The SMILES string of the molecule is Cc1ccc(-c2nc(C#N)c([N+](C)(C)C)o2)cc1.O=S(=O)([O-])[O-].O=S(=O)([O-])[O-]. The van der Waals surface area contributed by atoms with Gasteiger partial charge in [0, 0.05) is 26.4 Å². The number of benzene rings is 1. The van der Waals surface area contributed by atoms with E-state index in [9.17, 15) is 0 Å². The van der Waals surface area contributed by atoms with Gasteiger partial charge in [-0.2, -0.15) is 10.2 Å². The first kappa shape index (κ1) is 25.6. The first-order chi connectivity index (χ1) is 12.4. The van der Waals surface area contributed by atoms with Crippen LogP contribution in [0, 0.1) is 18.3 Å². The van der Waals surface area contributed by atoms with Crippen molar-refractivity contribution in [3.63, 3.8) is 0 Å². The highest BCUT2D eigenvalue weighted by atomic mass is 32.3. The van der Waals surface area contributed by atoms with E-state index in [4.69, 9.17) is 44.7 Å². The van der Waals surface area contributed by atoms with Crippen molar-refractivity contribution in [3.8, 4) is 17.5 Å². The fourth-order valence-corrected chi connectivity index (χ4v) is 1.66. The number of aryl methyl sites for hydroxylation is 1. The van der Waals surface area contributed by atoms with Gasteiger partial charge in [0.15, 0.2) is 0 Å². The molecule has 12 nitrogen and oxygen atoms in total. The van der Waals surface area contributed by atoms with Crippen molar-refractivity contribution in [1.29, 1.82) is 5.26 Å². The van der Waals surface area contributed by atoms with Gasteiger partial charge in [-0.25, -0.2) is 0 Å². The number of rotatable bonds is 2. The van der Waals surface area contributed by atoms with E-state index in [0.717, 1.165) is 5.56 Å². The van der Waals surface area contributed by atoms with Crippen LogP contribution >= 0.6 is 0 Å². The molecule has 2 rings (SSSR count). The third kappa shape index (κ3) is 12.1. The maximum atomic E-state index is 9.10. The Morgan fingerprint density at radius 3 is 1.64 bits per heavy atom. The predicted octanol–water partition coefficient (Wildman–Crippen LogP) is 0.0424. The molecule has 0 fully saturated rings. The Hall–Kier alpha value is -2.38. The van der Waals surface area contributed by atoms with Crippen LogP contribution < -0.4 is 4.48 Å². The zero-order valence-corrected chi connectivity index (χ0v) is 16.8. The van der Waals surface area contributed by atoms with E-state index in [-0.39, 0.29) is 0 Å². The smallest absolute Gasteiger partial charge is 0.335 e. The van der Waals surface area contributed by atoms with E-state index in [0.29, 0.717) is 22.0 Å². The van der Waals surface area contributed by atoms with Crippen LogP contribution in [0.3, 0.4) is 0 Å². The van der Waals surface area contributed by atoms with Crippen LogP contribution in [0.1, 0.15) is 11.3 Å². The molecule has 0 spiro atoms. The molecule has 0 atom stereocenters. The van der Waals surface area contributed by atoms with Crippen LogP contribution in [0.4, 0.5) is 5.88 Å². The summed E-state index contributed by atoms with van der Waals surface area (Å²) in [6.45, 7) is 2.03. The number of hydrogen-bond acceptors (Lipinski definition) is 11. The third-order valence-electron chi connectivity index (χ3n) is 2.62. The molecule has 0 N–H and O–H groups in total. The molecule has 1 heterocycles. The van der Waals surface area contributed by atoms with Crippen molar-refractivity contribution >= 4 is 26.7 Å². The van der Waals surface area contributed by atoms with Gasteiger partial charge in [-0.05, 0) is 19.1 Å². The zero-order valence-electron chi connectivity index (χ0n) is 15.1. The molecule has 0 aliphatic carbocycles. The van der Waals surface area contributed by atoms with Crippen molar-refractivity contribution in [2.45, 2.75) is 6.92 Å². The standard InChI is InChI=1S/C14H16N3O.2H2O4S/c1-10-5-7-11(8-6-10)13-16-12(9-15)14(18-13)17(2,3)4;2*1-5(2,3)4/h5-8H,1-4H3;2*(H2,1,2,3,4)/q+1;;/p-4. The topological polar surface area (TPSA) is 210 Å². The normalized spacial score (nSPS) is 11.4. The molecule has 0 aliphatic rings. The van der Waals surface area contributed by atoms with Gasteiger partial charge in [0.05, 0.1) is 21.1 Å². The summed E-state index contributed by atoms with van der Waals surface area (Å²) in [6, 6.07) is 9.97. The molecule has 0 amide bonds. The highest BCUT2D eigenvalue weighted by molar-refractivity contribution is 7.79. The molecule has 2 aromatic rings. The van der Waals surface area contributed by atoms with E-state index < -0.39 is 20.8 Å². The van der Waals surface area contributed by atoms with Crippen molar-refractivity contribution in [2.75, 3.05) is 21.1 Å². The summed E-state index contributed by atoms with van der Waals surface area (Å²) in [4.78, 5) is 4.25. The van der Waals surface area contributed by atoms with Crippen LogP contribution in [-0.4, -0.2) is 61.2 Å². The van der Waals surface area contributed by atoms with Crippen molar-refractivity contribution in [2.24, 2.45) is 0 Å². The first-order valence-electron chi connectivity index (χ1n) is 7.05. The maximum absolute atomic E-state index is 9.10. The van der Waals surface area contributed by atoms with Gasteiger partial charge >= 0.3 is 5.88 Å². The lowest BCUT2D eigenvalue weighted by molar-refractivity contribution is 0.350. The molecule has 28 heavy (non-hydrogen) atoms. The molecular formula is C14H16N3O9S2-3. The fourth-order valence-electron chi connectivity index (χ4n) is 1.66. The maximum Gasteiger partial charge on any atom is 0.335 e. The van der Waals surface area contributed by atoms with Gasteiger partial charge in [-0.15, -0.1) is 0 Å². The Morgan fingerprint density at radius 1 is 0.964 bits per heavy atom. The van der Waals surface area contributed by atoms with Gasteiger partial charge in [0.2, 0.25) is 11.6 Å². The zero-order chi connectivity index (χ0) is 22.3. The summed E-state index contributed by atoms with van der Waals surface area (Å²) in [5.41, 5.74) is 2.41. The van der Waals surface area contributed by atoms with Gasteiger partial charge in [-0.1, -0.05) is 17.7 Å². The summed E-state index contributed by atoms with van der Waals surface area (Å²) >= 11 is 0. The molecule has 14 heteroatoms. The quantitative estimate of drug-likeness (QED) is 0.349. The number of hydrogen-bond donors (Lipinski definition) is 0. The lowest BCUT2D eigenvalue weighted by Crippen LogP contribution is -2.35. The van der Waals surface area contributed by atoms with E-state index in [1.165, 1.54) is 5.56 Å². The summed E-state index contributed by atoms with van der Waals surface area (Å²) in [5.74, 6) is 1.07.